The van der Waals surface area contributed by atoms with Gasteiger partial charge in [-0.25, -0.2) is 8.42 Å². The van der Waals surface area contributed by atoms with Crippen molar-refractivity contribution < 1.29 is 8.42 Å². The first-order valence-corrected chi connectivity index (χ1v) is 7.37. The van der Waals surface area contributed by atoms with Crippen LogP contribution in [0.2, 0.25) is 10.0 Å². The molecule has 0 aliphatic carbocycles. The Hall–Kier alpha value is -0.0400. The molecule has 0 aromatic heterocycles. The van der Waals surface area contributed by atoms with E-state index in [-0.39, 0.29) is 17.3 Å². The van der Waals surface area contributed by atoms with Crippen LogP contribution in [-0.4, -0.2) is 38.9 Å². The molecule has 0 bridgehead atoms. The van der Waals surface area contributed by atoms with Gasteiger partial charge >= 0.3 is 0 Å². The van der Waals surface area contributed by atoms with Crippen molar-refractivity contribution in [2.45, 2.75) is 4.90 Å². The second-order valence-corrected chi connectivity index (χ2v) is 6.57. The Morgan fingerprint density at radius 2 is 1.56 bits per heavy atom. The number of piperazine rings is 1. The number of rotatable bonds is 2. The zero-order chi connectivity index (χ0) is 12.5. The van der Waals surface area contributed by atoms with Gasteiger partial charge in [0.25, 0.3) is 0 Å². The number of benzene rings is 1. The van der Waals surface area contributed by atoms with Crippen LogP contribution >= 0.6 is 35.6 Å². The van der Waals surface area contributed by atoms with E-state index >= 15 is 0 Å². The summed E-state index contributed by atoms with van der Waals surface area (Å²) in [4.78, 5) is 0.150. The summed E-state index contributed by atoms with van der Waals surface area (Å²) in [5.74, 6) is 0. The molecule has 8 heteroatoms. The predicted octanol–water partition coefficient (Wildman–Crippen LogP) is 2.01. The van der Waals surface area contributed by atoms with Gasteiger partial charge in [0, 0.05) is 36.2 Å². The van der Waals surface area contributed by atoms with Crippen LogP contribution in [-0.2, 0) is 10.0 Å². The number of nitrogens with one attached hydrogen (secondary N) is 1. The minimum absolute atomic E-state index is 0. The summed E-state index contributed by atoms with van der Waals surface area (Å²) in [6, 6.07) is 4.36. The Kier molecular flexibility index (Phi) is 5.70. The Morgan fingerprint density at radius 1 is 1.06 bits per heavy atom. The molecule has 1 aromatic carbocycles. The van der Waals surface area contributed by atoms with Crippen LogP contribution in [0.15, 0.2) is 23.1 Å². The summed E-state index contributed by atoms with van der Waals surface area (Å²) in [6.07, 6.45) is 0. The summed E-state index contributed by atoms with van der Waals surface area (Å²) in [5, 5.41) is 3.75. The Balaban J connectivity index is 0.00000162. The van der Waals surface area contributed by atoms with E-state index < -0.39 is 10.0 Å². The fraction of sp³-hybridized carbons (Fsp3) is 0.400. The second-order valence-electron chi connectivity index (χ2n) is 3.76. The topological polar surface area (TPSA) is 49.4 Å². The molecule has 1 N–H and O–H groups in total. The molecular weight excluding hydrogens is 319 g/mol. The van der Waals surface area contributed by atoms with Gasteiger partial charge in [-0.15, -0.1) is 12.4 Å². The molecule has 1 aliphatic rings. The third-order valence-corrected chi connectivity index (χ3v) is 4.86. The third kappa shape index (κ3) is 3.50. The van der Waals surface area contributed by atoms with Crippen LogP contribution in [0.1, 0.15) is 0 Å². The van der Waals surface area contributed by atoms with Crippen molar-refractivity contribution in [2.24, 2.45) is 0 Å². The summed E-state index contributed by atoms with van der Waals surface area (Å²) in [7, 11) is -3.48. The first-order chi connectivity index (χ1) is 8.00. The molecule has 102 valence electrons. The van der Waals surface area contributed by atoms with Gasteiger partial charge in [-0.05, 0) is 18.2 Å². The summed E-state index contributed by atoms with van der Waals surface area (Å²) >= 11 is 11.6. The quantitative estimate of drug-likeness (QED) is 0.902. The lowest BCUT2D eigenvalue weighted by atomic mass is 10.4. The molecule has 0 unspecified atom stereocenters. The van der Waals surface area contributed by atoms with E-state index in [0.717, 1.165) is 0 Å². The molecular formula is C10H13Cl3N2O2S. The van der Waals surface area contributed by atoms with Gasteiger partial charge in [0.15, 0.2) is 0 Å². The van der Waals surface area contributed by atoms with Crippen LogP contribution < -0.4 is 5.32 Å². The lowest BCUT2D eigenvalue weighted by molar-refractivity contribution is 0.360. The van der Waals surface area contributed by atoms with Crippen molar-refractivity contribution in [1.29, 1.82) is 0 Å². The average Bonchev–Trinajstić information content (AvgIpc) is 2.29. The standard InChI is InChI=1S/C10H12Cl2N2O2S.ClH/c11-8-5-9(12)7-10(6-8)17(15,16)14-3-1-13-2-4-14;/h5-7,13H,1-4H2;1H. The van der Waals surface area contributed by atoms with E-state index in [0.29, 0.717) is 36.2 Å². The smallest absolute Gasteiger partial charge is 0.243 e. The van der Waals surface area contributed by atoms with E-state index in [9.17, 15) is 8.42 Å². The van der Waals surface area contributed by atoms with E-state index in [4.69, 9.17) is 23.2 Å². The average molecular weight is 332 g/mol. The zero-order valence-electron chi connectivity index (χ0n) is 9.40. The molecule has 1 saturated heterocycles. The van der Waals surface area contributed by atoms with Gasteiger partial charge in [0.05, 0.1) is 4.90 Å². The molecule has 1 aromatic rings. The fourth-order valence-corrected chi connectivity index (χ4v) is 3.88. The van der Waals surface area contributed by atoms with Crippen molar-refractivity contribution in [2.75, 3.05) is 26.2 Å². The van der Waals surface area contributed by atoms with Gasteiger partial charge in [-0.1, -0.05) is 23.2 Å². The normalized spacial score (nSPS) is 17.2. The Morgan fingerprint density at radius 3 is 2.06 bits per heavy atom. The molecule has 2 rings (SSSR count). The number of halogens is 3. The lowest BCUT2D eigenvalue weighted by Gasteiger charge is -2.26. The van der Waals surface area contributed by atoms with E-state index in [1.54, 1.807) is 0 Å². The van der Waals surface area contributed by atoms with Crippen molar-refractivity contribution in [3.8, 4) is 0 Å². The minimum atomic E-state index is -3.48. The molecule has 0 spiro atoms. The molecule has 1 aliphatic heterocycles. The summed E-state index contributed by atoms with van der Waals surface area (Å²) < 4.78 is 26.0. The predicted molar refractivity (Wildman–Crippen MR) is 75.3 cm³/mol. The van der Waals surface area contributed by atoms with Crippen LogP contribution in [0.3, 0.4) is 0 Å². The maximum atomic E-state index is 12.3. The Labute approximate surface area is 123 Å². The van der Waals surface area contributed by atoms with Gasteiger partial charge in [-0.2, -0.15) is 4.31 Å². The van der Waals surface area contributed by atoms with Crippen LogP contribution in [0, 0.1) is 0 Å². The van der Waals surface area contributed by atoms with E-state index in [1.165, 1.54) is 22.5 Å². The molecule has 0 amide bonds. The Bertz CT molecular complexity index is 496. The molecule has 18 heavy (non-hydrogen) atoms. The van der Waals surface area contributed by atoms with Gasteiger partial charge in [0.1, 0.15) is 0 Å². The highest BCUT2D eigenvalue weighted by Gasteiger charge is 2.26. The fourth-order valence-electron chi connectivity index (χ4n) is 1.71. The minimum Gasteiger partial charge on any atom is -0.314 e. The molecule has 0 radical (unpaired) electrons. The van der Waals surface area contributed by atoms with Crippen molar-refractivity contribution >= 4 is 45.6 Å². The maximum Gasteiger partial charge on any atom is 0.243 e. The second kappa shape index (κ2) is 6.41. The van der Waals surface area contributed by atoms with Gasteiger partial charge in [0.2, 0.25) is 10.0 Å². The maximum absolute atomic E-state index is 12.3. The zero-order valence-corrected chi connectivity index (χ0v) is 12.5. The monoisotopic (exact) mass is 330 g/mol. The highest BCUT2D eigenvalue weighted by Crippen LogP contribution is 2.24. The van der Waals surface area contributed by atoms with Crippen molar-refractivity contribution in [1.82, 2.24) is 9.62 Å². The van der Waals surface area contributed by atoms with Gasteiger partial charge in [-0.3, -0.25) is 0 Å². The summed E-state index contributed by atoms with van der Waals surface area (Å²) in [6.45, 7) is 2.25. The summed E-state index contributed by atoms with van der Waals surface area (Å²) in [5.41, 5.74) is 0. The number of nitrogens with zero attached hydrogens (tertiary/aromatic N) is 1. The van der Waals surface area contributed by atoms with Gasteiger partial charge < -0.3 is 5.32 Å². The highest BCUT2D eigenvalue weighted by molar-refractivity contribution is 7.89. The largest absolute Gasteiger partial charge is 0.314 e. The van der Waals surface area contributed by atoms with Crippen molar-refractivity contribution in [3.05, 3.63) is 28.2 Å². The lowest BCUT2D eigenvalue weighted by Crippen LogP contribution is -2.46. The third-order valence-electron chi connectivity index (χ3n) is 2.55. The van der Waals surface area contributed by atoms with Crippen molar-refractivity contribution in [3.63, 3.8) is 0 Å². The first-order valence-electron chi connectivity index (χ1n) is 5.17. The molecule has 4 nitrogen and oxygen atoms in total. The molecule has 0 atom stereocenters. The van der Waals surface area contributed by atoms with Crippen LogP contribution in [0.5, 0.6) is 0 Å². The molecule has 1 fully saturated rings. The first kappa shape index (κ1) is 16.0. The molecule has 0 saturated carbocycles. The van der Waals surface area contributed by atoms with E-state index in [1.807, 2.05) is 0 Å². The molecule has 1 heterocycles. The van der Waals surface area contributed by atoms with Crippen LogP contribution in [0.4, 0.5) is 0 Å². The number of hydrogen-bond acceptors (Lipinski definition) is 3. The van der Waals surface area contributed by atoms with Crippen LogP contribution in [0.25, 0.3) is 0 Å². The number of sulfonamides is 1. The highest BCUT2D eigenvalue weighted by atomic mass is 35.5. The van der Waals surface area contributed by atoms with E-state index in [2.05, 4.69) is 5.32 Å². The SMILES string of the molecule is Cl.O=S(=O)(c1cc(Cl)cc(Cl)c1)N1CCNCC1. The number of hydrogen-bond donors (Lipinski definition) is 1.